The predicted molar refractivity (Wildman–Crippen MR) is 153 cm³/mol. The van der Waals surface area contributed by atoms with Gasteiger partial charge in [-0.05, 0) is 61.5 Å². The van der Waals surface area contributed by atoms with Crippen LogP contribution in [0.5, 0.6) is 11.5 Å². The number of hydrogen-bond donors (Lipinski definition) is 2. The molecule has 5 rings (SSSR count). The molecule has 0 radical (unpaired) electrons. The second kappa shape index (κ2) is 12.0. The minimum Gasteiger partial charge on any atom is -0.484 e. The summed E-state index contributed by atoms with van der Waals surface area (Å²) in [6.07, 6.45) is -4.01. The maximum Gasteiger partial charge on any atom is 0.416 e. The smallest absolute Gasteiger partial charge is 0.416 e. The summed E-state index contributed by atoms with van der Waals surface area (Å²) < 4.78 is 64.6. The number of alkyl halides is 3. The van der Waals surface area contributed by atoms with Crippen LogP contribution in [-0.2, 0) is 15.8 Å². The van der Waals surface area contributed by atoms with Gasteiger partial charge in [-0.15, -0.1) is 0 Å². The molecule has 1 aliphatic heterocycles. The van der Waals surface area contributed by atoms with Crippen LogP contribution in [0.1, 0.15) is 29.3 Å². The number of hydrogen-bond acceptors (Lipinski definition) is 5. The van der Waals surface area contributed by atoms with Gasteiger partial charge in [-0.3, -0.25) is 14.4 Å². The minimum absolute atomic E-state index is 0.0780. The van der Waals surface area contributed by atoms with Crippen molar-refractivity contribution in [3.8, 4) is 11.5 Å². The van der Waals surface area contributed by atoms with E-state index in [9.17, 15) is 31.9 Å². The lowest BCUT2D eigenvalue weighted by molar-refractivity contribution is -0.137. The summed E-state index contributed by atoms with van der Waals surface area (Å²) in [5, 5.41) is 5.63. The SMILES string of the molecule is CC1(NC(=O)COc2ccc(Cl)c(F)c2)C=C(NC(=O)C2CN(C(=O)c3cccc(C(F)(F)F)c3)c3cc(Cl)ccc3O2)C1. The normalized spacial score (nSPS) is 19.1. The molecule has 3 amide bonds. The predicted octanol–water partition coefficient (Wildman–Crippen LogP) is 5.92. The molecule has 2 aliphatic rings. The van der Waals surface area contributed by atoms with Crippen molar-refractivity contribution < 1.29 is 41.4 Å². The first-order chi connectivity index (χ1) is 20.7. The second-order valence-electron chi connectivity index (χ2n) is 10.4. The molecule has 230 valence electrons. The Hall–Kier alpha value is -4.29. The number of ether oxygens (including phenoxy) is 2. The van der Waals surface area contributed by atoms with Gasteiger partial charge in [0.1, 0.15) is 17.3 Å². The summed E-state index contributed by atoms with van der Waals surface area (Å²) >= 11 is 11.7. The molecular weight excluding hydrogens is 629 g/mol. The molecule has 2 N–H and O–H groups in total. The van der Waals surface area contributed by atoms with Crippen molar-refractivity contribution in [3.05, 3.63) is 99.4 Å². The van der Waals surface area contributed by atoms with Crippen LogP contribution in [0.4, 0.5) is 23.2 Å². The van der Waals surface area contributed by atoms with Gasteiger partial charge in [-0.1, -0.05) is 29.3 Å². The molecule has 2 unspecified atom stereocenters. The fourth-order valence-electron chi connectivity index (χ4n) is 4.79. The van der Waals surface area contributed by atoms with E-state index in [1.165, 1.54) is 36.4 Å². The molecule has 0 saturated heterocycles. The molecule has 3 aromatic carbocycles. The number of carbonyl (C=O) groups excluding carboxylic acids is 3. The van der Waals surface area contributed by atoms with Crippen LogP contribution < -0.4 is 25.0 Å². The van der Waals surface area contributed by atoms with E-state index in [2.05, 4.69) is 10.6 Å². The average molecular weight is 652 g/mol. The van der Waals surface area contributed by atoms with E-state index < -0.39 is 46.9 Å². The topological polar surface area (TPSA) is 97.0 Å². The highest BCUT2D eigenvalue weighted by Gasteiger charge is 2.39. The summed E-state index contributed by atoms with van der Waals surface area (Å²) in [6, 6.07) is 12.1. The van der Waals surface area contributed by atoms with Crippen LogP contribution in [0.25, 0.3) is 0 Å². The molecular formula is C30H23Cl2F4N3O5. The van der Waals surface area contributed by atoms with Gasteiger partial charge in [0.2, 0.25) is 0 Å². The molecule has 44 heavy (non-hydrogen) atoms. The molecule has 0 spiro atoms. The van der Waals surface area contributed by atoms with E-state index in [0.29, 0.717) is 5.70 Å². The zero-order valence-corrected chi connectivity index (χ0v) is 24.3. The Balaban J connectivity index is 1.24. The zero-order valence-electron chi connectivity index (χ0n) is 22.8. The van der Waals surface area contributed by atoms with Gasteiger partial charge in [-0.25, -0.2) is 4.39 Å². The number of carbonyl (C=O) groups is 3. The van der Waals surface area contributed by atoms with Crippen molar-refractivity contribution in [2.24, 2.45) is 0 Å². The van der Waals surface area contributed by atoms with Gasteiger partial charge in [0, 0.05) is 28.8 Å². The third-order valence-corrected chi connectivity index (χ3v) is 7.37. The number of halogens is 6. The molecule has 0 saturated carbocycles. The van der Waals surface area contributed by atoms with Crippen molar-refractivity contribution in [1.82, 2.24) is 10.6 Å². The lowest BCUT2D eigenvalue weighted by atomic mass is 9.84. The summed E-state index contributed by atoms with van der Waals surface area (Å²) in [5.41, 5.74) is -1.36. The Morgan fingerprint density at radius 2 is 1.84 bits per heavy atom. The van der Waals surface area contributed by atoms with Crippen LogP contribution in [0.15, 0.2) is 72.4 Å². The minimum atomic E-state index is -4.65. The number of amides is 3. The number of anilines is 1. The van der Waals surface area contributed by atoms with Crippen LogP contribution in [0.2, 0.25) is 10.0 Å². The summed E-state index contributed by atoms with van der Waals surface area (Å²) in [4.78, 5) is 40.1. The molecule has 1 heterocycles. The molecule has 0 aromatic heterocycles. The fraction of sp³-hybridized carbons (Fsp3) is 0.233. The first kappa shape index (κ1) is 31.1. The van der Waals surface area contributed by atoms with Crippen molar-refractivity contribution in [3.63, 3.8) is 0 Å². The number of benzene rings is 3. The number of fused-ring (bicyclic) bond motifs is 1. The molecule has 1 aliphatic carbocycles. The lowest BCUT2D eigenvalue weighted by Gasteiger charge is -2.39. The van der Waals surface area contributed by atoms with Gasteiger partial charge >= 0.3 is 6.18 Å². The highest BCUT2D eigenvalue weighted by molar-refractivity contribution is 6.31. The zero-order chi connectivity index (χ0) is 31.8. The van der Waals surface area contributed by atoms with Gasteiger partial charge in [0.25, 0.3) is 17.7 Å². The van der Waals surface area contributed by atoms with E-state index in [0.717, 1.165) is 29.2 Å². The molecule has 14 heteroatoms. The largest absolute Gasteiger partial charge is 0.484 e. The Labute approximate surface area is 258 Å². The molecule has 2 atom stereocenters. The van der Waals surface area contributed by atoms with E-state index in [1.54, 1.807) is 13.0 Å². The Morgan fingerprint density at radius 3 is 2.55 bits per heavy atom. The Morgan fingerprint density at radius 1 is 1.09 bits per heavy atom. The van der Waals surface area contributed by atoms with E-state index in [1.807, 2.05) is 0 Å². The monoisotopic (exact) mass is 651 g/mol. The third-order valence-electron chi connectivity index (χ3n) is 6.82. The van der Waals surface area contributed by atoms with Crippen LogP contribution >= 0.6 is 23.2 Å². The van der Waals surface area contributed by atoms with E-state index in [4.69, 9.17) is 32.7 Å². The van der Waals surface area contributed by atoms with Crippen molar-refractivity contribution in [2.75, 3.05) is 18.1 Å². The van der Waals surface area contributed by atoms with Gasteiger partial charge in [0.15, 0.2) is 12.7 Å². The van der Waals surface area contributed by atoms with Crippen molar-refractivity contribution in [1.29, 1.82) is 0 Å². The van der Waals surface area contributed by atoms with E-state index in [-0.39, 0.29) is 52.4 Å². The Kier molecular flexibility index (Phi) is 8.50. The summed E-state index contributed by atoms with van der Waals surface area (Å²) in [7, 11) is 0. The maximum atomic E-state index is 13.6. The average Bonchev–Trinajstić information content (AvgIpc) is 2.95. The summed E-state index contributed by atoms with van der Waals surface area (Å²) in [5.74, 6) is -2.29. The van der Waals surface area contributed by atoms with Gasteiger partial charge in [-0.2, -0.15) is 13.2 Å². The molecule has 0 fully saturated rings. The van der Waals surface area contributed by atoms with Crippen LogP contribution in [-0.4, -0.2) is 42.5 Å². The van der Waals surface area contributed by atoms with Crippen LogP contribution in [0, 0.1) is 5.82 Å². The van der Waals surface area contributed by atoms with Crippen molar-refractivity contribution >= 4 is 46.6 Å². The number of nitrogens with zero attached hydrogens (tertiary/aromatic N) is 1. The van der Waals surface area contributed by atoms with Gasteiger partial charge in [0.05, 0.1) is 28.4 Å². The van der Waals surface area contributed by atoms with Crippen LogP contribution in [0.3, 0.4) is 0 Å². The number of nitrogens with one attached hydrogen (secondary N) is 2. The quantitative estimate of drug-likeness (QED) is 0.309. The molecule has 0 bridgehead atoms. The molecule has 3 aromatic rings. The molecule has 8 nitrogen and oxygen atoms in total. The van der Waals surface area contributed by atoms with E-state index >= 15 is 0 Å². The highest BCUT2D eigenvalue weighted by Crippen LogP contribution is 2.38. The first-order valence-corrected chi connectivity index (χ1v) is 13.8. The lowest BCUT2D eigenvalue weighted by Crippen LogP contribution is -2.55. The van der Waals surface area contributed by atoms with Gasteiger partial charge < -0.3 is 25.0 Å². The standard InChI is InChI=1S/C30H23Cl2F4N3O5/c1-29(38-26(40)15-43-20-6-7-21(32)22(33)11-20)12-19(13-29)37-27(41)25-14-39(23-10-18(31)5-8-24(23)44-25)28(42)16-3-2-4-17(9-16)30(34,35)36/h2-12,25H,13-15H2,1H3,(H,37,41)(H,38,40). The fourth-order valence-corrected chi connectivity index (χ4v) is 5.07. The highest BCUT2D eigenvalue weighted by atomic mass is 35.5. The Bertz CT molecular complexity index is 1680. The first-order valence-electron chi connectivity index (χ1n) is 13.1. The summed E-state index contributed by atoms with van der Waals surface area (Å²) in [6.45, 7) is 1.02. The maximum absolute atomic E-state index is 13.6. The second-order valence-corrected chi connectivity index (χ2v) is 11.2. The number of rotatable bonds is 7. The van der Waals surface area contributed by atoms with Crippen molar-refractivity contribution in [2.45, 2.75) is 31.2 Å². The third kappa shape index (κ3) is 6.92.